The van der Waals surface area contributed by atoms with Gasteiger partial charge in [0.1, 0.15) is 23.7 Å². The number of urea groups is 1. The summed E-state index contributed by atoms with van der Waals surface area (Å²) in [6, 6.07) is 17.2. The highest BCUT2D eigenvalue weighted by Gasteiger charge is 2.23. The number of pyridine rings is 2. The van der Waals surface area contributed by atoms with Gasteiger partial charge in [0, 0.05) is 35.9 Å². The van der Waals surface area contributed by atoms with Gasteiger partial charge in [0.2, 0.25) is 0 Å². The van der Waals surface area contributed by atoms with Crippen molar-refractivity contribution in [3.8, 4) is 16.9 Å². The molecule has 0 aliphatic rings. The zero-order valence-electron chi connectivity index (χ0n) is 27.9. The second kappa shape index (κ2) is 15.7. The molecule has 2 aromatic heterocycles. The fourth-order valence-corrected chi connectivity index (χ4v) is 5.75. The van der Waals surface area contributed by atoms with Crippen LogP contribution in [0.1, 0.15) is 84.3 Å². The van der Waals surface area contributed by atoms with Crippen molar-refractivity contribution in [2.45, 2.75) is 79.7 Å². The van der Waals surface area contributed by atoms with Crippen LogP contribution in [0.3, 0.4) is 0 Å². The summed E-state index contributed by atoms with van der Waals surface area (Å²) in [6.07, 6.45) is 3.44. The van der Waals surface area contributed by atoms with Crippen LogP contribution in [0.25, 0.3) is 22.2 Å². The Bertz CT molecular complexity index is 1630. The number of unbranched alkanes of at least 4 members (excludes halogenated alkanes) is 1. The van der Waals surface area contributed by atoms with Crippen LogP contribution in [0.5, 0.6) is 5.75 Å². The summed E-state index contributed by atoms with van der Waals surface area (Å²) in [5.74, 6) is 1.11. The first-order chi connectivity index (χ1) is 21.7. The predicted octanol–water partition coefficient (Wildman–Crippen LogP) is 8.48. The molecule has 0 fully saturated rings. The van der Waals surface area contributed by atoms with Crippen LogP contribution in [0.2, 0.25) is 0 Å². The molecule has 0 saturated heterocycles. The Labute approximate surface area is 267 Å². The van der Waals surface area contributed by atoms with Gasteiger partial charge in [-0.3, -0.25) is 9.36 Å². The van der Waals surface area contributed by atoms with Gasteiger partial charge in [0.15, 0.2) is 0 Å². The average molecular weight is 612 g/mol. The van der Waals surface area contributed by atoms with Crippen molar-refractivity contribution in [3.05, 3.63) is 82.3 Å². The van der Waals surface area contributed by atoms with Crippen molar-refractivity contribution < 1.29 is 9.53 Å². The fraction of sp³-hybridized carbons (Fsp3) is 0.432. The number of hydrogen-bond acceptors (Lipinski definition) is 5. The van der Waals surface area contributed by atoms with E-state index in [1.807, 2.05) is 54.6 Å². The van der Waals surface area contributed by atoms with Gasteiger partial charge in [0.05, 0.1) is 0 Å². The highest BCUT2D eigenvalue weighted by Crippen LogP contribution is 2.36. The van der Waals surface area contributed by atoms with Crippen LogP contribution in [0, 0.1) is 0 Å². The van der Waals surface area contributed by atoms with E-state index in [9.17, 15) is 9.59 Å². The van der Waals surface area contributed by atoms with Crippen LogP contribution in [-0.2, 0) is 6.54 Å². The SMILES string of the molecule is CCCCn1c(=O)c(NC(=O)Nc2c(C(C)C)cccc2C(C)C)c(-c2cccc(OCCN(CC)CC)c2)c2cccnc21. The third kappa shape index (κ3) is 7.92. The van der Waals surface area contributed by atoms with E-state index in [4.69, 9.17) is 4.74 Å². The van der Waals surface area contributed by atoms with Gasteiger partial charge < -0.3 is 20.3 Å². The lowest BCUT2D eigenvalue weighted by Gasteiger charge is -2.22. The molecule has 0 atom stereocenters. The quantitative estimate of drug-likeness (QED) is 0.149. The fourth-order valence-electron chi connectivity index (χ4n) is 5.75. The number of ether oxygens (including phenoxy) is 1. The van der Waals surface area contributed by atoms with E-state index in [1.165, 1.54) is 0 Å². The minimum absolute atomic E-state index is 0.206. The lowest BCUT2D eigenvalue weighted by Crippen LogP contribution is -2.30. The van der Waals surface area contributed by atoms with Crippen LogP contribution in [-0.4, -0.2) is 46.7 Å². The third-order valence-electron chi connectivity index (χ3n) is 8.30. The molecule has 2 N–H and O–H groups in total. The highest BCUT2D eigenvalue weighted by atomic mass is 16.5. The maximum atomic E-state index is 14.3. The normalized spacial score (nSPS) is 11.5. The summed E-state index contributed by atoms with van der Waals surface area (Å²) in [7, 11) is 0. The first-order valence-electron chi connectivity index (χ1n) is 16.4. The number of nitrogens with one attached hydrogen (secondary N) is 2. The summed E-state index contributed by atoms with van der Waals surface area (Å²) in [5, 5.41) is 6.91. The minimum Gasteiger partial charge on any atom is -0.492 e. The second-order valence-corrected chi connectivity index (χ2v) is 12.0. The van der Waals surface area contributed by atoms with Gasteiger partial charge in [-0.05, 0) is 72.3 Å². The number of rotatable bonds is 14. The molecule has 2 amide bonds. The summed E-state index contributed by atoms with van der Waals surface area (Å²) >= 11 is 0. The molecule has 8 nitrogen and oxygen atoms in total. The van der Waals surface area contributed by atoms with Crippen molar-refractivity contribution in [2.24, 2.45) is 0 Å². The standard InChI is InChI=1S/C37H49N5O3/c1-8-11-21-42-35-31(19-14-20-38-35)32(27-15-12-16-28(24-27)45-23-22-41(9-2)10-3)34(36(42)43)40-37(44)39-33-29(25(4)5)17-13-18-30(33)26(6)7/h12-20,24-26H,8-11,21-23H2,1-7H3,(H2,39,40,44). The molecule has 0 spiro atoms. The molecule has 2 heterocycles. The zero-order valence-corrected chi connectivity index (χ0v) is 27.9. The number of aromatic nitrogens is 2. The molecule has 4 aromatic rings. The first kappa shape index (κ1) is 33.7. The molecular weight excluding hydrogens is 562 g/mol. The van der Waals surface area contributed by atoms with Crippen LogP contribution >= 0.6 is 0 Å². The molecule has 0 aliphatic heterocycles. The largest absolute Gasteiger partial charge is 0.492 e. The molecule has 0 saturated carbocycles. The molecule has 45 heavy (non-hydrogen) atoms. The van der Waals surface area contributed by atoms with E-state index in [2.05, 4.69) is 69.0 Å². The number of benzene rings is 2. The van der Waals surface area contributed by atoms with Gasteiger partial charge in [0.25, 0.3) is 5.56 Å². The van der Waals surface area contributed by atoms with Crippen LogP contribution < -0.4 is 20.9 Å². The molecule has 0 bridgehead atoms. The monoisotopic (exact) mass is 611 g/mol. The van der Waals surface area contributed by atoms with Crippen molar-refractivity contribution in [3.63, 3.8) is 0 Å². The van der Waals surface area contributed by atoms with Crippen molar-refractivity contribution >= 4 is 28.4 Å². The minimum atomic E-state index is -0.458. The topological polar surface area (TPSA) is 88.5 Å². The summed E-state index contributed by atoms with van der Waals surface area (Å²) < 4.78 is 7.84. The van der Waals surface area contributed by atoms with E-state index >= 15 is 0 Å². The van der Waals surface area contributed by atoms with Gasteiger partial charge in [-0.2, -0.15) is 0 Å². The molecule has 0 unspecified atom stereocenters. The molecular formula is C37H49N5O3. The van der Waals surface area contributed by atoms with E-state index < -0.39 is 6.03 Å². The highest BCUT2D eigenvalue weighted by molar-refractivity contribution is 6.07. The smallest absolute Gasteiger partial charge is 0.323 e. The van der Waals surface area contributed by atoms with E-state index in [0.29, 0.717) is 30.1 Å². The van der Waals surface area contributed by atoms with Gasteiger partial charge in [-0.25, -0.2) is 9.78 Å². The number of amides is 2. The Hall–Kier alpha value is -4.17. The number of fused-ring (bicyclic) bond motifs is 1. The maximum absolute atomic E-state index is 14.3. The molecule has 2 aromatic carbocycles. The Balaban J connectivity index is 1.82. The Morgan fingerprint density at radius 2 is 1.58 bits per heavy atom. The molecule has 240 valence electrons. The van der Waals surface area contributed by atoms with Gasteiger partial charge in [-0.15, -0.1) is 0 Å². The lowest BCUT2D eigenvalue weighted by atomic mass is 9.93. The van der Waals surface area contributed by atoms with Crippen molar-refractivity contribution in [1.29, 1.82) is 0 Å². The Kier molecular flexibility index (Phi) is 11.8. The average Bonchev–Trinajstić information content (AvgIpc) is 3.03. The van der Waals surface area contributed by atoms with Gasteiger partial charge in [-0.1, -0.05) is 85.2 Å². The van der Waals surface area contributed by atoms with E-state index in [-0.39, 0.29) is 23.1 Å². The predicted molar refractivity (Wildman–Crippen MR) is 187 cm³/mol. The van der Waals surface area contributed by atoms with Crippen LogP contribution in [0.4, 0.5) is 16.2 Å². The lowest BCUT2D eigenvalue weighted by molar-refractivity contribution is 0.223. The number of carbonyl (C=O) groups excluding carboxylic acids is 1. The summed E-state index contributed by atoms with van der Waals surface area (Å²) in [5.41, 5.74) is 4.82. The summed E-state index contributed by atoms with van der Waals surface area (Å²) in [6.45, 7) is 18.6. The Morgan fingerprint density at radius 1 is 0.911 bits per heavy atom. The maximum Gasteiger partial charge on any atom is 0.323 e. The van der Waals surface area contributed by atoms with Crippen molar-refractivity contribution in [2.75, 3.05) is 36.9 Å². The third-order valence-corrected chi connectivity index (χ3v) is 8.30. The molecule has 0 aliphatic carbocycles. The zero-order chi connectivity index (χ0) is 32.5. The number of nitrogens with zero attached hydrogens (tertiary/aromatic N) is 3. The van der Waals surface area contributed by atoms with Gasteiger partial charge >= 0.3 is 6.03 Å². The molecule has 4 rings (SSSR count). The summed E-state index contributed by atoms with van der Waals surface area (Å²) in [4.78, 5) is 35.1. The number of likely N-dealkylation sites (N-methyl/N-ethyl adjacent to an activating group) is 1. The molecule has 8 heteroatoms. The van der Waals surface area contributed by atoms with E-state index in [1.54, 1.807) is 10.8 Å². The molecule has 0 radical (unpaired) electrons. The second-order valence-electron chi connectivity index (χ2n) is 12.0. The number of aryl methyl sites for hydroxylation is 1. The number of hydrogen-bond donors (Lipinski definition) is 2. The van der Waals surface area contributed by atoms with Crippen molar-refractivity contribution in [1.82, 2.24) is 14.5 Å². The number of para-hydroxylation sites is 1. The van der Waals surface area contributed by atoms with Crippen LogP contribution in [0.15, 0.2) is 65.6 Å². The Morgan fingerprint density at radius 3 is 2.22 bits per heavy atom. The number of carbonyl (C=O) groups is 1. The first-order valence-corrected chi connectivity index (χ1v) is 16.4. The number of anilines is 2. The van der Waals surface area contributed by atoms with E-state index in [0.717, 1.165) is 60.2 Å².